The van der Waals surface area contributed by atoms with Crippen LogP contribution in [-0.2, 0) is 16.1 Å². The van der Waals surface area contributed by atoms with Crippen molar-refractivity contribution in [3.8, 4) is 0 Å². The summed E-state index contributed by atoms with van der Waals surface area (Å²) < 4.78 is 5.15. The molecule has 0 atom stereocenters. The Morgan fingerprint density at radius 2 is 1.74 bits per heavy atom. The third kappa shape index (κ3) is 4.64. The first kappa shape index (κ1) is 13.4. The monoisotopic (exact) mass is 275 g/mol. The minimum absolute atomic E-state index is 0.150. The van der Waals surface area contributed by atoms with Gasteiger partial charge in [-0.3, -0.25) is 4.79 Å². The Labute approximate surface area is 117 Å². The van der Waals surface area contributed by atoms with Crippen LogP contribution in [0.2, 0.25) is 5.02 Å². The number of halogens is 1. The molecular weight excluding hydrogens is 262 g/mol. The molecule has 3 nitrogen and oxygen atoms in total. The summed E-state index contributed by atoms with van der Waals surface area (Å²) in [5.41, 5.74) is 1.81. The molecule has 0 fully saturated rings. The van der Waals surface area contributed by atoms with Crippen molar-refractivity contribution in [2.45, 2.75) is 6.61 Å². The van der Waals surface area contributed by atoms with Gasteiger partial charge in [0.2, 0.25) is 0 Å². The highest BCUT2D eigenvalue weighted by Crippen LogP contribution is 2.10. The summed E-state index contributed by atoms with van der Waals surface area (Å²) in [5.74, 6) is -0.293. The molecule has 2 aromatic carbocycles. The summed E-state index contributed by atoms with van der Waals surface area (Å²) in [6, 6.07) is 16.7. The Morgan fingerprint density at radius 3 is 2.42 bits per heavy atom. The Morgan fingerprint density at radius 1 is 1.05 bits per heavy atom. The number of nitrogens with one attached hydrogen (secondary N) is 1. The molecule has 0 radical (unpaired) electrons. The molecule has 0 saturated carbocycles. The normalized spacial score (nSPS) is 9.95. The van der Waals surface area contributed by atoms with Crippen LogP contribution in [-0.4, -0.2) is 12.5 Å². The van der Waals surface area contributed by atoms with E-state index in [1.54, 1.807) is 12.1 Å². The summed E-state index contributed by atoms with van der Waals surface area (Å²) in [6.07, 6.45) is 0. The summed E-state index contributed by atoms with van der Waals surface area (Å²) >= 11 is 5.77. The number of ether oxygens (including phenoxy) is 1. The lowest BCUT2D eigenvalue weighted by molar-refractivity contribution is -0.142. The molecule has 0 aliphatic heterocycles. The third-order valence-electron chi connectivity index (χ3n) is 2.52. The van der Waals surface area contributed by atoms with Crippen LogP contribution >= 0.6 is 11.6 Å². The van der Waals surface area contributed by atoms with E-state index in [1.165, 1.54) is 0 Å². The predicted molar refractivity (Wildman–Crippen MR) is 76.2 cm³/mol. The van der Waals surface area contributed by atoms with Crippen molar-refractivity contribution in [3.63, 3.8) is 0 Å². The van der Waals surface area contributed by atoms with Gasteiger partial charge in [-0.15, -0.1) is 0 Å². The number of benzene rings is 2. The van der Waals surface area contributed by atoms with Gasteiger partial charge in [-0.05, 0) is 29.8 Å². The van der Waals surface area contributed by atoms with Gasteiger partial charge in [-0.25, -0.2) is 0 Å². The highest BCUT2D eigenvalue weighted by Gasteiger charge is 2.03. The van der Waals surface area contributed by atoms with E-state index in [-0.39, 0.29) is 19.1 Å². The van der Waals surface area contributed by atoms with Crippen molar-refractivity contribution in [2.75, 3.05) is 11.9 Å². The molecular formula is C15H14ClNO2. The zero-order chi connectivity index (χ0) is 13.5. The van der Waals surface area contributed by atoms with E-state index in [9.17, 15) is 4.79 Å². The highest BCUT2D eigenvalue weighted by molar-refractivity contribution is 6.30. The lowest BCUT2D eigenvalue weighted by atomic mass is 10.2. The van der Waals surface area contributed by atoms with Gasteiger partial charge < -0.3 is 10.1 Å². The minimum Gasteiger partial charge on any atom is -0.460 e. The highest BCUT2D eigenvalue weighted by atomic mass is 35.5. The quantitative estimate of drug-likeness (QED) is 0.849. The molecule has 2 aromatic rings. The van der Waals surface area contributed by atoms with Crippen molar-refractivity contribution in [3.05, 3.63) is 65.2 Å². The zero-order valence-electron chi connectivity index (χ0n) is 10.3. The van der Waals surface area contributed by atoms with E-state index in [1.807, 2.05) is 42.5 Å². The van der Waals surface area contributed by atoms with Gasteiger partial charge in [0.25, 0.3) is 0 Å². The molecule has 0 aromatic heterocycles. The van der Waals surface area contributed by atoms with Crippen LogP contribution in [0.15, 0.2) is 54.6 Å². The Balaban J connectivity index is 1.74. The summed E-state index contributed by atoms with van der Waals surface area (Å²) in [5, 5.41) is 3.66. The number of esters is 1. The lowest BCUT2D eigenvalue weighted by Crippen LogP contribution is -2.16. The first-order valence-electron chi connectivity index (χ1n) is 5.93. The fourth-order valence-corrected chi connectivity index (χ4v) is 1.65. The Bertz CT molecular complexity index is 526. The SMILES string of the molecule is O=C(CNc1ccccc1)OCc1ccc(Cl)cc1. The largest absolute Gasteiger partial charge is 0.460 e. The first-order valence-corrected chi connectivity index (χ1v) is 6.31. The summed E-state index contributed by atoms with van der Waals surface area (Å²) in [4.78, 5) is 11.5. The molecule has 0 spiro atoms. The van der Waals surface area contributed by atoms with Gasteiger partial charge >= 0.3 is 5.97 Å². The molecule has 1 N–H and O–H groups in total. The fourth-order valence-electron chi connectivity index (χ4n) is 1.53. The molecule has 19 heavy (non-hydrogen) atoms. The van der Waals surface area contributed by atoms with Gasteiger partial charge in [0.1, 0.15) is 13.2 Å². The second kappa shape index (κ2) is 6.81. The minimum atomic E-state index is -0.293. The maximum absolute atomic E-state index is 11.5. The van der Waals surface area contributed by atoms with E-state index in [2.05, 4.69) is 5.32 Å². The van der Waals surface area contributed by atoms with Gasteiger partial charge in [-0.1, -0.05) is 41.9 Å². The maximum Gasteiger partial charge on any atom is 0.325 e. The molecule has 0 heterocycles. The molecule has 98 valence electrons. The maximum atomic E-state index is 11.5. The van der Waals surface area contributed by atoms with Crippen LogP contribution in [0.4, 0.5) is 5.69 Å². The second-order valence-electron chi connectivity index (χ2n) is 4.01. The van der Waals surface area contributed by atoms with Crippen molar-refractivity contribution >= 4 is 23.3 Å². The van der Waals surface area contributed by atoms with Crippen molar-refractivity contribution in [1.82, 2.24) is 0 Å². The van der Waals surface area contributed by atoms with E-state index >= 15 is 0 Å². The van der Waals surface area contributed by atoms with Gasteiger partial charge in [0.05, 0.1) is 0 Å². The average Bonchev–Trinajstić information content (AvgIpc) is 2.45. The topological polar surface area (TPSA) is 38.3 Å². The number of para-hydroxylation sites is 1. The first-order chi connectivity index (χ1) is 9.24. The number of carbonyl (C=O) groups excluding carboxylic acids is 1. The second-order valence-corrected chi connectivity index (χ2v) is 4.44. The fraction of sp³-hybridized carbons (Fsp3) is 0.133. The third-order valence-corrected chi connectivity index (χ3v) is 2.78. The number of carbonyl (C=O) groups is 1. The molecule has 2 rings (SSSR count). The van der Waals surface area contributed by atoms with Gasteiger partial charge in [-0.2, -0.15) is 0 Å². The van der Waals surface area contributed by atoms with Crippen molar-refractivity contribution < 1.29 is 9.53 Å². The van der Waals surface area contributed by atoms with Crippen molar-refractivity contribution in [2.24, 2.45) is 0 Å². The molecule has 0 aliphatic carbocycles. The number of hydrogen-bond acceptors (Lipinski definition) is 3. The molecule has 4 heteroatoms. The summed E-state index contributed by atoms with van der Waals surface area (Å²) in [6.45, 7) is 0.407. The average molecular weight is 276 g/mol. The van der Waals surface area contributed by atoms with E-state index in [4.69, 9.17) is 16.3 Å². The van der Waals surface area contributed by atoms with Gasteiger partial charge in [0, 0.05) is 10.7 Å². The number of rotatable bonds is 5. The van der Waals surface area contributed by atoms with Crippen molar-refractivity contribution in [1.29, 1.82) is 0 Å². The van der Waals surface area contributed by atoms with Crippen LogP contribution in [0, 0.1) is 0 Å². The lowest BCUT2D eigenvalue weighted by Gasteiger charge is -2.07. The van der Waals surface area contributed by atoms with E-state index in [0.717, 1.165) is 11.3 Å². The van der Waals surface area contributed by atoms with Crippen LogP contribution in [0.1, 0.15) is 5.56 Å². The zero-order valence-corrected chi connectivity index (χ0v) is 11.1. The van der Waals surface area contributed by atoms with E-state index in [0.29, 0.717) is 5.02 Å². The Kier molecular flexibility index (Phi) is 4.81. The molecule has 0 unspecified atom stereocenters. The summed E-state index contributed by atoms with van der Waals surface area (Å²) in [7, 11) is 0. The van der Waals surface area contributed by atoms with Crippen LogP contribution in [0.25, 0.3) is 0 Å². The molecule has 0 aliphatic rings. The van der Waals surface area contributed by atoms with Crippen LogP contribution in [0.3, 0.4) is 0 Å². The van der Waals surface area contributed by atoms with Crippen LogP contribution in [0.5, 0.6) is 0 Å². The number of hydrogen-bond donors (Lipinski definition) is 1. The van der Waals surface area contributed by atoms with Crippen LogP contribution < -0.4 is 5.32 Å². The predicted octanol–water partition coefficient (Wildman–Crippen LogP) is 3.50. The molecule has 0 saturated heterocycles. The molecule has 0 amide bonds. The van der Waals surface area contributed by atoms with E-state index < -0.39 is 0 Å². The standard InChI is InChI=1S/C15H14ClNO2/c16-13-8-6-12(7-9-13)11-19-15(18)10-17-14-4-2-1-3-5-14/h1-9,17H,10-11H2. The molecule has 0 bridgehead atoms. The van der Waals surface area contributed by atoms with Gasteiger partial charge in [0.15, 0.2) is 0 Å². The number of anilines is 1. The smallest absolute Gasteiger partial charge is 0.325 e. The Hall–Kier alpha value is -2.00.